The molecule has 0 aliphatic heterocycles. The number of nitrogens with zero attached hydrogens (tertiary/aromatic N) is 2. The van der Waals surface area contributed by atoms with Crippen molar-refractivity contribution in [3.63, 3.8) is 0 Å². The van der Waals surface area contributed by atoms with E-state index in [-0.39, 0.29) is 18.2 Å². The molecule has 1 N–H and O–H groups in total. The standard InChI is InChI=1S/C21H21F2N3O2/c1-12-5-14(3)18(6-13(12)2)24-21-25-20(27)19(28-4)11-26(21)10-15-7-16(22)9-17(23)8-15/h5-9,11H,10H2,1-4H3,(H,24,25,27). The van der Waals surface area contributed by atoms with Crippen LogP contribution in [0.1, 0.15) is 22.3 Å². The first-order chi connectivity index (χ1) is 13.3. The number of methoxy groups -OCH3 is 1. The Hall–Kier alpha value is -3.22. The number of anilines is 2. The molecule has 0 fully saturated rings. The summed E-state index contributed by atoms with van der Waals surface area (Å²) in [5, 5.41) is 3.16. The van der Waals surface area contributed by atoms with E-state index in [1.807, 2.05) is 32.9 Å². The van der Waals surface area contributed by atoms with Gasteiger partial charge in [0.25, 0.3) is 0 Å². The van der Waals surface area contributed by atoms with Gasteiger partial charge in [-0.1, -0.05) is 6.07 Å². The number of rotatable bonds is 5. The molecule has 0 bridgehead atoms. The number of halogens is 2. The molecule has 0 atom stereocenters. The van der Waals surface area contributed by atoms with Gasteiger partial charge in [0.05, 0.1) is 19.9 Å². The monoisotopic (exact) mass is 385 g/mol. The maximum atomic E-state index is 13.6. The molecule has 0 unspecified atom stereocenters. The summed E-state index contributed by atoms with van der Waals surface area (Å²) < 4.78 is 33.8. The van der Waals surface area contributed by atoms with Crippen LogP contribution in [0.5, 0.6) is 5.75 Å². The van der Waals surface area contributed by atoms with Crippen molar-refractivity contribution >= 4 is 11.6 Å². The fraction of sp³-hybridized carbons (Fsp3) is 0.238. The second-order valence-corrected chi connectivity index (χ2v) is 6.72. The summed E-state index contributed by atoms with van der Waals surface area (Å²) in [5.41, 5.74) is 3.87. The number of nitrogens with one attached hydrogen (secondary N) is 1. The summed E-state index contributed by atoms with van der Waals surface area (Å²) >= 11 is 0. The van der Waals surface area contributed by atoms with Crippen molar-refractivity contribution in [3.8, 4) is 5.75 Å². The van der Waals surface area contributed by atoms with Gasteiger partial charge in [-0.05, 0) is 61.2 Å². The second-order valence-electron chi connectivity index (χ2n) is 6.72. The SMILES string of the molecule is COc1cn(Cc2cc(F)cc(F)c2)c(Nc2cc(C)c(C)cc2C)nc1=O. The van der Waals surface area contributed by atoms with E-state index in [0.717, 1.165) is 28.4 Å². The predicted octanol–water partition coefficient (Wildman–Crippen LogP) is 4.25. The molecule has 0 saturated heterocycles. The summed E-state index contributed by atoms with van der Waals surface area (Å²) in [5.74, 6) is -1.05. The van der Waals surface area contributed by atoms with Crippen LogP contribution in [-0.2, 0) is 6.54 Å². The molecule has 0 radical (unpaired) electrons. The van der Waals surface area contributed by atoms with E-state index in [2.05, 4.69) is 10.3 Å². The van der Waals surface area contributed by atoms with Crippen LogP contribution in [0.25, 0.3) is 0 Å². The Balaban J connectivity index is 2.06. The third-order valence-corrected chi connectivity index (χ3v) is 4.55. The molecule has 1 aromatic heterocycles. The van der Waals surface area contributed by atoms with Crippen molar-refractivity contribution in [2.75, 3.05) is 12.4 Å². The summed E-state index contributed by atoms with van der Waals surface area (Å²) in [6.07, 6.45) is 1.47. The third kappa shape index (κ3) is 4.19. The lowest BCUT2D eigenvalue weighted by Gasteiger charge is -2.17. The largest absolute Gasteiger partial charge is 0.490 e. The van der Waals surface area contributed by atoms with Gasteiger partial charge in [0.1, 0.15) is 11.6 Å². The number of aryl methyl sites for hydroxylation is 3. The van der Waals surface area contributed by atoms with E-state index in [0.29, 0.717) is 5.56 Å². The second kappa shape index (κ2) is 7.80. The zero-order valence-electron chi connectivity index (χ0n) is 16.1. The van der Waals surface area contributed by atoms with E-state index in [1.165, 1.54) is 25.4 Å². The molecule has 0 spiro atoms. The minimum absolute atomic E-state index is 0.0410. The van der Waals surface area contributed by atoms with Crippen molar-refractivity contribution in [3.05, 3.63) is 80.8 Å². The average Bonchev–Trinajstić information content (AvgIpc) is 2.61. The molecule has 7 heteroatoms. The molecular weight excluding hydrogens is 364 g/mol. The van der Waals surface area contributed by atoms with Crippen LogP contribution >= 0.6 is 0 Å². The van der Waals surface area contributed by atoms with Crippen LogP contribution in [0, 0.1) is 32.4 Å². The molecule has 0 aliphatic rings. The van der Waals surface area contributed by atoms with Crippen LogP contribution in [-0.4, -0.2) is 16.7 Å². The van der Waals surface area contributed by atoms with Gasteiger partial charge in [-0.25, -0.2) is 8.78 Å². The van der Waals surface area contributed by atoms with Crippen LogP contribution in [0.15, 0.2) is 41.3 Å². The van der Waals surface area contributed by atoms with E-state index in [4.69, 9.17) is 4.74 Å². The van der Waals surface area contributed by atoms with Crippen molar-refractivity contribution < 1.29 is 13.5 Å². The molecule has 1 heterocycles. The molecule has 5 nitrogen and oxygen atoms in total. The van der Waals surface area contributed by atoms with Gasteiger partial charge in [-0.15, -0.1) is 0 Å². The van der Waals surface area contributed by atoms with E-state index < -0.39 is 17.2 Å². The molecule has 3 rings (SSSR count). The third-order valence-electron chi connectivity index (χ3n) is 4.55. The van der Waals surface area contributed by atoms with E-state index >= 15 is 0 Å². The Labute approximate surface area is 161 Å². The molecule has 0 aliphatic carbocycles. The maximum Gasteiger partial charge on any atom is 0.316 e. The van der Waals surface area contributed by atoms with Crippen molar-refractivity contribution in [2.24, 2.45) is 0 Å². The van der Waals surface area contributed by atoms with Gasteiger partial charge in [0, 0.05) is 11.8 Å². The van der Waals surface area contributed by atoms with E-state index in [9.17, 15) is 13.6 Å². The highest BCUT2D eigenvalue weighted by atomic mass is 19.1. The lowest BCUT2D eigenvalue weighted by atomic mass is 10.1. The van der Waals surface area contributed by atoms with Crippen molar-refractivity contribution in [2.45, 2.75) is 27.3 Å². The summed E-state index contributed by atoms with van der Waals surface area (Å²) in [6.45, 7) is 6.06. The fourth-order valence-electron chi connectivity index (χ4n) is 2.95. The van der Waals surface area contributed by atoms with Crippen LogP contribution in [0.2, 0.25) is 0 Å². The zero-order chi connectivity index (χ0) is 20.4. The Bertz CT molecular complexity index is 1070. The van der Waals surface area contributed by atoms with Gasteiger partial charge >= 0.3 is 5.56 Å². The summed E-state index contributed by atoms with van der Waals surface area (Å²) in [4.78, 5) is 16.2. The number of benzene rings is 2. The van der Waals surface area contributed by atoms with Gasteiger partial charge < -0.3 is 14.6 Å². The van der Waals surface area contributed by atoms with E-state index in [1.54, 1.807) is 4.57 Å². The highest BCUT2D eigenvalue weighted by Crippen LogP contribution is 2.24. The average molecular weight is 385 g/mol. The van der Waals surface area contributed by atoms with Crippen LogP contribution in [0.4, 0.5) is 20.4 Å². The highest BCUT2D eigenvalue weighted by molar-refractivity contribution is 5.61. The highest BCUT2D eigenvalue weighted by Gasteiger charge is 2.12. The summed E-state index contributed by atoms with van der Waals surface area (Å²) in [7, 11) is 1.37. The Kier molecular flexibility index (Phi) is 5.44. The molecule has 3 aromatic rings. The van der Waals surface area contributed by atoms with Gasteiger partial charge in [-0.2, -0.15) is 4.98 Å². The molecule has 28 heavy (non-hydrogen) atoms. The Morgan fingerprint density at radius 3 is 2.29 bits per heavy atom. The normalized spacial score (nSPS) is 10.8. The first-order valence-electron chi connectivity index (χ1n) is 8.72. The minimum atomic E-state index is -0.671. The number of aromatic nitrogens is 2. The molecule has 146 valence electrons. The number of ether oxygens (including phenoxy) is 1. The smallest absolute Gasteiger partial charge is 0.316 e. The zero-order valence-corrected chi connectivity index (χ0v) is 16.1. The lowest BCUT2D eigenvalue weighted by Crippen LogP contribution is -2.19. The van der Waals surface area contributed by atoms with Crippen molar-refractivity contribution in [1.82, 2.24) is 9.55 Å². The van der Waals surface area contributed by atoms with Crippen LogP contribution in [0.3, 0.4) is 0 Å². The first-order valence-corrected chi connectivity index (χ1v) is 8.72. The van der Waals surface area contributed by atoms with Crippen molar-refractivity contribution in [1.29, 1.82) is 0 Å². The Morgan fingerprint density at radius 2 is 1.64 bits per heavy atom. The molecular formula is C21H21F2N3O2. The summed E-state index contributed by atoms with van der Waals surface area (Å²) in [6, 6.07) is 7.28. The molecule has 0 saturated carbocycles. The van der Waals surface area contributed by atoms with Gasteiger partial charge in [0.15, 0.2) is 0 Å². The molecule has 0 amide bonds. The lowest BCUT2D eigenvalue weighted by molar-refractivity contribution is 0.402. The Morgan fingerprint density at radius 1 is 1.00 bits per heavy atom. The topological polar surface area (TPSA) is 56.1 Å². The predicted molar refractivity (Wildman–Crippen MR) is 104 cm³/mol. The van der Waals surface area contributed by atoms with Gasteiger partial charge in [-0.3, -0.25) is 4.79 Å². The first kappa shape index (κ1) is 19.5. The quantitative estimate of drug-likeness (QED) is 0.714. The van der Waals surface area contributed by atoms with Gasteiger partial charge in [0.2, 0.25) is 11.7 Å². The fourth-order valence-corrected chi connectivity index (χ4v) is 2.95. The minimum Gasteiger partial charge on any atom is -0.490 e. The number of hydrogen-bond acceptors (Lipinski definition) is 4. The van der Waals surface area contributed by atoms with Crippen LogP contribution < -0.4 is 15.6 Å². The number of hydrogen-bond donors (Lipinski definition) is 1. The maximum absolute atomic E-state index is 13.6. The molecule has 2 aromatic carbocycles.